The Bertz CT molecular complexity index is 532. The molecule has 0 bridgehead atoms. The summed E-state index contributed by atoms with van der Waals surface area (Å²) in [5.74, 6) is 0.143. The van der Waals surface area contributed by atoms with Gasteiger partial charge in [-0.2, -0.15) is 0 Å². The normalized spacial score (nSPS) is 17.8. The lowest BCUT2D eigenvalue weighted by atomic mass is 9.98. The highest BCUT2D eigenvalue weighted by Gasteiger charge is 2.25. The van der Waals surface area contributed by atoms with Crippen LogP contribution >= 0.6 is 0 Å². The van der Waals surface area contributed by atoms with Crippen molar-refractivity contribution in [3.63, 3.8) is 0 Å². The van der Waals surface area contributed by atoms with Crippen LogP contribution in [0.1, 0.15) is 33.1 Å². The Kier molecular flexibility index (Phi) is 6.43. The molecule has 0 radical (unpaired) electrons. The van der Waals surface area contributed by atoms with Crippen molar-refractivity contribution >= 4 is 11.7 Å². The fourth-order valence-corrected chi connectivity index (χ4v) is 2.93. The van der Waals surface area contributed by atoms with Crippen molar-refractivity contribution in [2.75, 3.05) is 31.1 Å². The number of hydrogen-bond acceptors (Lipinski definition) is 3. The lowest BCUT2D eigenvalue weighted by Gasteiger charge is -2.25. The van der Waals surface area contributed by atoms with Crippen LogP contribution in [0.4, 0.5) is 14.9 Å². The van der Waals surface area contributed by atoms with Crippen molar-refractivity contribution < 1.29 is 14.3 Å². The monoisotopic (exact) mass is 337 g/mol. The van der Waals surface area contributed by atoms with Gasteiger partial charge in [0.05, 0.1) is 5.60 Å². The van der Waals surface area contributed by atoms with Crippen LogP contribution in [0.5, 0.6) is 0 Å². The van der Waals surface area contributed by atoms with E-state index in [1.807, 2.05) is 13.8 Å². The van der Waals surface area contributed by atoms with Crippen LogP contribution in [-0.2, 0) is 0 Å². The van der Waals surface area contributed by atoms with Crippen LogP contribution in [0, 0.1) is 11.7 Å². The van der Waals surface area contributed by atoms with E-state index in [1.165, 1.54) is 12.1 Å². The third-order valence-electron chi connectivity index (χ3n) is 4.92. The lowest BCUT2D eigenvalue weighted by Crippen LogP contribution is -2.46. The largest absolute Gasteiger partial charge is 0.388 e. The summed E-state index contributed by atoms with van der Waals surface area (Å²) in [7, 11) is 0. The maximum atomic E-state index is 13.0. The summed E-state index contributed by atoms with van der Waals surface area (Å²) < 4.78 is 13.0. The third-order valence-corrected chi connectivity index (χ3v) is 4.92. The van der Waals surface area contributed by atoms with Crippen molar-refractivity contribution in [3.8, 4) is 0 Å². The second-order valence-corrected chi connectivity index (χ2v) is 6.57. The molecule has 0 saturated carbocycles. The number of halogens is 1. The van der Waals surface area contributed by atoms with Gasteiger partial charge in [-0.3, -0.25) is 0 Å². The van der Waals surface area contributed by atoms with E-state index < -0.39 is 5.60 Å². The molecule has 24 heavy (non-hydrogen) atoms. The Labute approximate surface area is 143 Å². The van der Waals surface area contributed by atoms with E-state index in [0.717, 1.165) is 25.2 Å². The summed E-state index contributed by atoms with van der Waals surface area (Å²) in [6.45, 7) is 6.43. The lowest BCUT2D eigenvalue weighted by molar-refractivity contribution is 0.0349. The minimum Gasteiger partial charge on any atom is -0.388 e. The maximum absolute atomic E-state index is 13.0. The molecule has 1 aliphatic rings. The second kappa shape index (κ2) is 8.33. The van der Waals surface area contributed by atoms with E-state index in [2.05, 4.69) is 15.5 Å². The van der Waals surface area contributed by atoms with Crippen molar-refractivity contribution in [1.29, 1.82) is 0 Å². The first kappa shape index (κ1) is 18.5. The van der Waals surface area contributed by atoms with E-state index in [4.69, 9.17) is 0 Å². The van der Waals surface area contributed by atoms with Crippen LogP contribution in [0.2, 0.25) is 0 Å². The fourth-order valence-electron chi connectivity index (χ4n) is 2.93. The first-order chi connectivity index (χ1) is 11.5. The molecule has 1 heterocycles. The van der Waals surface area contributed by atoms with Crippen LogP contribution in [-0.4, -0.2) is 42.9 Å². The van der Waals surface area contributed by atoms with E-state index >= 15 is 0 Å². The topological polar surface area (TPSA) is 64.6 Å². The van der Waals surface area contributed by atoms with Gasteiger partial charge in [0, 0.05) is 31.9 Å². The van der Waals surface area contributed by atoms with Crippen molar-refractivity contribution in [3.05, 3.63) is 30.1 Å². The van der Waals surface area contributed by atoms with Crippen molar-refractivity contribution in [1.82, 2.24) is 10.6 Å². The van der Waals surface area contributed by atoms with Gasteiger partial charge in [0.1, 0.15) is 5.82 Å². The predicted octanol–water partition coefficient (Wildman–Crippen LogP) is 2.50. The maximum Gasteiger partial charge on any atom is 0.314 e. The molecule has 3 N–H and O–H groups in total. The van der Waals surface area contributed by atoms with Crippen LogP contribution < -0.4 is 15.5 Å². The Morgan fingerprint density at radius 2 is 1.96 bits per heavy atom. The molecule has 1 aromatic rings. The van der Waals surface area contributed by atoms with E-state index in [1.54, 1.807) is 12.1 Å². The molecule has 134 valence electrons. The third kappa shape index (κ3) is 5.09. The Balaban J connectivity index is 1.71. The van der Waals surface area contributed by atoms with Gasteiger partial charge >= 0.3 is 6.03 Å². The van der Waals surface area contributed by atoms with E-state index in [9.17, 15) is 14.3 Å². The first-order valence-electron chi connectivity index (χ1n) is 8.70. The number of urea groups is 1. The number of rotatable bonds is 7. The molecule has 1 unspecified atom stereocenters. The number of benzene rings is 1. The number of nitrogens with zero attached hydrogens (tertiary/aromatic N) is 1. The quantitative estimate of drug-likeness (QED) is 0.716. The molecule has 6 heteroatoms. The highest BCUT2D eigenvalue weighted by atomic mass is 19.1. The van der Waals surface area contributed by atoms with Crippen LogP contribution in [0.3, 0.4) is 0 Å². The Morgan fingerprint density at radius 3 is 2.58 bits per heavy atom. The smallest absolute Gasteiger partial charge is 0.314 e. The van der Waals surface area contributed by atoms with Gasteiger partial charge in [0.15, 0.2) is 0 Å². The zero-order chi connectivity index (χ0) is 17.6. The SMILES string of the molecule is CCC(O)(CC)CNC(=O)NCC1CCN(c2ccc(F)cc2)C1. The van der Waals surface area contributed by atoms with E-state index in [-0.39, 0.29) is 18.4 Å². The average Bonchev–Trinajstić information content (AvgIpc) is 3.07. The number of hydrogen-bond donors (Lipinski definition) is 3. The predicted molar refractivity (Wildman–Crippen MR) is 93.7 cm³/mol. The summed E-state index contributed by atoms with van der Waals surface area (Å²) in [6, 6.07) is 6.27. The summed E-state index contributed by atoms with van der Waals surface area (Å²) in [4.78, 5) is 14.1. The zero-order valence-corrected chi connectivity index (χ0v) is 14.5. The molecule has 1 fully saturated rings. The Morgan fingerprint density at radius 1 is 1.29 bits per heavy atom. The molecule has 0 spiro atoms. The zero-order valence-electron chi connectivity index (χ0n) is 14.5. The molecule has 5 nitrogen and oxygen atoms in total. The molecule has 0 aliphatic carbocycles. The molecule has 2 amide bonds. The molecule has 1 saturated heterocycles. The number of nitrogens with one attached hydrogen (secondary N) is 2. The number of aliphatic hydroxyl groups is 1. The fraction of sp³-hybridized carbons (Fsp3) is 0.611. The molecule has 1 aliphatic heterocycles. The van der Waals surface area contributed by atoms with Crippen molar-refractivity contribution in [2.24, 2.45) is 5.92 Å². The molecule has 1 aromatic carbocycles. The van der Waals surface area contributed by atoms with Crippen molar-refractivity contribution in [2.45, 2.75) is 38.7 Å². The second-order valence-electron chi connectivity index (χ2n) is 6.57. The van der Waals surface area contributed by atoms with Gasteiger partial charge in [-0.05, 0) is 49.4 Å². The van der Waals surface area contributed by atoms with Gasteiger partial charge in [-0.15, -0.1) is 0 Å². The van der Waals surface area contributed by atoms with Crippen LogP contribution in [0.25, 0.3) is 0 Å². The van der Waals surface area contributed by atoms with Gasteiger partial charge in [0.25, 0.3) is 0 Å². The number of amides is 2. The molecule has 2 rings (SSSR count). The highest BCUT2D eigenvalue weighted by Crippen LogP contribution is 2.23. The summed E-state index contributed by atoms with van der Waals surface area (Å²) in [5.41, 5.74) is 0.184. The summed E-state index contributed by atoms with van der Waals surface area (Å²) in [6.07, 6.45) is 2.21. The Hall–Kier alpha value is -1.82. The highest BCUT2D eigenvalue weighted by molar-refractivity contribution is 5.73. The first-order valence-corrected chi connectivity index (χ1v) is 8.70. The average molecular weight is 337 g/mol. The minimum atomic E-state index is -0.829. The molecular formula is C18H28FN3O2. The van der Waals surface area contributed by atoms with Gasteiger partial charge in [-0.25, -0.2) is 9.18 Å². The van der Waals surface area contributed by atoms with Gasteiger partial charge in [0.2, 0.25) is 0 Å². The number of carbonyl (C=O) groups is 1. The van der Waals surface area contributed by atoms with E-state index in [0.29, 0.717) is 25.3 Å². The summed E-state index contributed by atoms with van der Waals surface area (Å²) >= 11 is 0. The number of carbonyl (C=O) groups excluding carboxylic acids is 1. The molecule has 1 atom stereocenters. The van der Waals surface area contributed by atoms with Crippen LogP contribution in [0.15, 0.2) is 24.3 Å². The standard InChI is InChI=1S/C18H28FN3O2/c1-3-18(24,4-2)13-21-17(23)20-11-14-9-10-22(12-14)16-7-5-15(19)6-8-16/h5-8,14,24H,3-4,9-13H2,1-2H3,(H2,20,21,23). The minimum absolute atomic E-state index is 0.230. The number of anilines is 1. The molecular weight excluding hydrogens is 309 g/mol. The van der Waals surface area contributed by atoms with Gasteiger partial charge < -0.3 is 20.6 Å². The summed E-state index contributed by atoms with van der Waals surface area (Å²) in [5, 5.41) is 15.8. The van der Waals surface area contributed by atoms with Gasteiger partial charge in [-0.1, -0.05) is 13.8 Å². The molecule has 0 aromatic heterocycles.